The predicted octanol–water partition coefficient (Wildman–Crippen LogP) is 9.87. The molecule has 9 rings (SSSR count). The summed E-state index contributed by atoms with van der Waals surface area (Å²) >= 11 is 0. The molecule has 0 spiro atoms. The summed E-state index contributed by atoms with van der Waals surface area (Å²) in [5, 5.41) is 2.26. The van der Waals surface area contributed by atoms with Gasteiger partial charge in [-0.2, -0.15) is 9.97 Å². The lowest BCUT2D eigenvalue weighted by Gasteiger charge is -2.13. The van der Waals surface area contributed by atoms with Crippen molar-refractivity contribution in [2.24, 2.45) is 0 Å². The third-order valence-corrected chi connectivity index (χ3v) is 7.68. The summed E-state index contributed by atoms with van der Waals surface area (Å²) in [6.45, 7) is 0. The van der Waals surface area contributed by atoms with Crippen LogP contribution in [0.25, 0.3) is 83.6 Å². The summed E-state index contributed by atoms with van der Waals surface area (Å²) in [7, 11) is 0. The van der Waals surface area contributed by atoms with Gasteiger partial charge in [-0.1, -0.05) is 115 Å². The molecule has 0 saturated heterocycles. The molecule has 0 saturated carbocycles. The van der Waals surface area contributed by atoms with Crippen LogP contribution in [0.15, 0.2) is 150 Å². The van der Waals surface area contributed by atoms with Gasteiger partial charge in [0.25, 0.3) is 0 Å². The van der Waals surface area contributed by atoms with Gasteiger partial charge in [-0.3, -0.25) is 4.57 Å². The Kier molecular flexibility index (Phi) is 3.80. The first-order valence-corrected chi connectivity index (χ1v) is 13.9. The van der Waals surface area contributed by atoms with Crippen LogP contribution in [0.2, 0.25) is 0 Å². The number of aromatic nitrogens is 4. The molecule has 3 aromatic heterocycles. The lowest BCUT2D eigenvalue weighted by molar-refractivity contribution is 0.669. The van der Waals surface area contributed by atoms with E-state index < -0.39 is 42.3 Å². The third kappa shape index (κ3) is 3.83. The van der Waals surface area contributed by atoms with E-state index in [1.54, 1.807) is 18.2 Å². The van der Waals surface area contributed by atoms with Crippen molar-refractivity contribution in [3.63, 3.8) is 0 Å². The van der Waals surface area contributed by atoms with Crippen LogP contribution in [0, 0.1) is 0 Å². The second-order valence-corrected chi connectivity index (χ2v) is 10.2. The number of benzene rings is 6. The van der Waals surface area contributed by atoms with E-state index in [9.17, 15) is 0 Å². The van der Waals surface area contributed by atoms with Crippen molar-refractivity contribution in [2.75, 3.05) is 0 Å². The quantitative estimate of drug-likeness (QED) is 0.210. The van der Waals surface area contributed by atoms with Gasteiger partial charge in [-0.25, -0.2) is 4.98 Å². The van der Waals surface area contributed by atoms with Crippen molar-refractivity contribution in [3.8, 4) is 39.9 Å². The molecule has 0 atom stereocenters. The van der Waals surface area contributed by atoms with Crippen LogP contribution in [-0.4, -0.2) is 19.5 Å². The van der Waals surface area contributed by atoms with Gasteiger partial charge in [0, 0.05) is 38.2 Å². The van der Waals surface area contributed by atoms with E-state index in [0.717, 1.165) is 16.4 Å². The molecule has 0 N–H and O–H groups in total. The van der Waals surface area contributed by atoms with Crippen LogP contribution in [0.4, 0.5) is 0 Å². The van der Waals surface area contributed by atoms with Crippen LogP contribution in [0.3, 0.4) is 0 Å². The van der Waals surface area contributed by atoms with Crippen molar-refractivity contribution in [3.05, 3.63) is 145 Å². The summed E-state index contributed by atoms with van der Waals surface area (Å²) in [5.74, 6) is 0.534. The smallest absolute Gasteiger partial charge is 0.238 e. The summed E-state index contributed by atoms with van der Waals surface area (Å²) in [4.78, 5) is 14.7. The number of hydrogen-bond acceptors (Lipinski definition) is 4. The second kappa shape index (κ2) is 9.75. The molecule has 0 bridgehead atoms. The SMILES string of the molecule is [2H]c1c([2H])c([2H])c(-c2cccc3c4c([2H])c([2H])c([2H])c([2H])c4n(-c4nc(-c5ccccc5)nc(-c5ccc6oc7ccccc7c6c5)n4)c23)c([2H])c1[2H]. The minimum atomic E-state index is -0.548. The highest BCUT2D eigenvalue weighted by molar-refractivity contribution is 6.13. The van der Waals surface area contributed by atoms with E-state index in [1.807, 2.05) is 72.8 Å². The summed E-state index contributed by atoms with van der Waals surface area (Å²) in [6.07, 6.45) is 0. The molecule has 0 unspecified atom stereocenters. The number of fused-ring (bicyclic) bond motifs is 6. The molecule has 206 valence electrons. The molecule has 44 heavy (non-hydrogen) atoms. The normalized spacial score (nSPS) is 14.5. The Morgan fingerprint density at radius 2 is 1.25 bits per heavy atom. The molecule has 9 aromatic rings. The molecule has 0 aliphatic carbocycles. The van der Waals surface area contributed by atoms with E-state index in [4.69, 9.17) is 31.7 Å². The Labute approximate surface area is 265 Å². The highest BCUT2D eigenvalue weighted by Crippen LogP contribution is 2.38. The molecule has 0 aliphatic heterocycles. The Morgan fingerprint density at radius 3 is 2.14 bits per heavy atom. The third-order valence-electron chi connectivity index (χ3n) is 7.68. The van der Waals surface area contributed by atoms with Crippen LogP contribution >= 0.6 is 0 Å². The maximum Gasteiger partial charge on any atom is 0.238 e. The van der Waals surface area contributed by atoms with E-state index in [2.05, 4.69) is 0 Å². The molecule has 0 radical (unpaired) electrons. The first-order valence-electron chi connectivity index (χ1n) is 18.4. The zero-order valence-electron chi connectivity index (χ0n) is 31.9. The first-order chi connectivity index (χ1) is 25.5. The van der Waals surface area contributed by atoms with Gasteiger partial charge >= 0.3 is 0 Å². The van der Waals surface area contributed by atoms with Crippen molar-refractivity contribution < 1.29 is 16.8 Å². The maximum absolute atomic E-state index is 9.14. The zero-order chi connectivity index (χ0) is 36.9. The molecule has 0 amide bonds. The zero-order valence-corrected chi connectivity index (χ0v) is 22.9. The number of furan rings is 1. The summed E-state index contributed by atoms with van der Waals surface area (Å²) < 4.78 is 85.6. The van der Waals surface area contributed by atoms with Crippen molar-refractivity contribution >= 4 is 43.7 Å². The lowest BCUT2D eigenvalue weighted by atomic mass is 10.0. The second-order valence-electron chi connectivity index (χ2n) is 10.2. The van der Waals surface area contributed by atoms with Crippen molar-refractivity contribution in [1.82, 2.24) is 19.5 Å². The number of hydrogen-bond donors (Lipinski definition) is 0. The Balaban J connectivity index is 1.44. The number of rotatable bonds is 4. The van der Waals surface area contributed by atoms with Crippen LogP contribution in [0.1, 0.15) is 12.3 Å². The first kappa shape index (κ1) is 17.1. The van der Waals surface area contributed by atoms with Crippen LogP contribution < -0.4 is 0 Å². The molecule has 0 fully saturated rings. The molecule has 5 nitrogen and oxygen atoms in total. The van der Waals surface area contributed by atoms with Crippen LogP contribution in [-0.2, 0) is 0 Å². The summed E-state index contributed by atoms with van der Waals surface area (Å²) in [6, 6.07) is 23.3. The van der Waals surface area contributed by atoms with Gasteiger partial charge in [0.05, 0.1) is 23.4 Å². The Hall–Kier alpha value is -6.07. The van der Waals surface area contributed by atoms with Crippen LogP contribution in [0.5, 0.6) is 0 Å². The van der Waals surface area contributed by atoms with E-state index in [-0.39, 0.29) is 57.2 Å². The molecular formula is C39H24N4O. The van der Waals surface area contributed by atoms with Gasteiger partial charge in [0.2, 0.25) is 5.95 Å². The van der Waals surface area contributed by atoms with Crippen molar-refractivity contribution in [2.45, 2.75) is 0 Å². The highest BCUT2D eigenvalue weighted by Gasteiger charge is 2.20. The van der Waals surface area contributed by atoms with Gasteiger partial charge in [0.15, 0.2) is 11.6 Å². The van der Waals surface area contributed by atoms with Gasteiger partial charge in [0.1, 0.15) is 11.2 Å². The average molecular weight is 574 g/mol. The maximum atomic E-state index is 9.14. The van der Waals surface area contributed by atoms with E-state index in [0.29, 0.717) is 22.1 Å². The molecule has 3 heterocycles. The molecule has 0 aliphatic rings. The topological polar surface area (TPSA) is 56.7 Å². The molecule has 5 heteroatoms. The standard InChI is InChI=1S/C39H24N4O/c1-3-12-25(13-4-1)28-18-11-19-31-29-16-7-9-20-33(29)43(36(28)31)39-41-37(26-14-5-2-6-15-26)40-38(42-39)27-22-23-35-32(24-27)30-17-8-10-21-34(30)44-35/h1-24H/i1D,3D,4D,7D,9D,12D,13D,16D,20D. The fraction of sp³-hybridized carbons (Fsp3) is 0. The minimum Gasteiger partial charge on any atom is -0.456 e. The minimum absolute atomic E-state index is 0.00384. The summed E-state index contributed by atoms with van der Waals surface area (Å²) in [5.41, 5.74) is 3.06. The average Bonchev–Trinajstić information content (AvgIpc) is 3.74. The van der Waals surface area contributed by atoms with Crippen molar-refractivity contribution in [1.29, 1.82) is 0 Å². The lowest BCUT2D eigenvalue weighted by Crippen LogP contribution is -2.07. The molecule has 6 aromatic carbocycles. The highest BCUT2D eigenvalue weighted by atomic mass is 16.3. The number of para-hydroxylation sites is 3. The fourth-order valence-electron chi connectivity index (χ4n) is 5.73. The Morgan fingerprint density at radius 1 is 0.523 bits per heavy atom. The van der Waals surface area contributed by atoms with Gasteiger partial charge in [-0.05, 0) is 35.9 Å². The fourth-order valence-corrected chi connectivity index (χ4v) is 5.73. The van der Waals surface area contributed by atoms with E-state index >= 15 is 0 Å². The Bertz CT molecular complexity index is 2990. The van der Waals surface area contributed by atoms with Gasteiger partial charge in [-0.15, -0.1) is 0 Å². The molecular weight excluding hydrogens is 540 g/mol. The monoisotopic (exact) mass is 573 g/mol. The van der Waals surface area contributed by atoms with E-state index in [1.165, 1.54) is 4.57 Å². The number of nitrogens with zero attached hydrogens (tertiary/aromatic N) is 4. The van der Waals surface area contributed by atoms with Gasteiger partial charge < -0.3 is 4.42 Å². The largest absolute Gasteiger partial charge is 0.456 e. The predicted molar refractivity (Wildman–Crippen MR) is 178 cm³/mol.